The van der Waals surface area contributed by atoms with Crippen LogP contribution in [0.2, 0.25) is 6.04 Å². The van der Waals surface area contributed by atoms with Crippen molar-refractivity contribution in [1.29, 1.82) is 0 Å². The molecule has 0 rings (SSSR count). The van der Waals surface area contributed by atoms with Gasteiger partial charge in [-0.25, -0.2) is 0 Å². The Morgan fingerprint density at radius 3 is 1.35 bits per heavy atom. The summed E-state index contributed by atoms with van der Waals surface area (Å²) in [6.07, 6.45) is 23.3. The summed E-state index contributed by atoms with van der Waals surface area (Å²) in [6.45, 7) is 6.79. The fraction of sp³-hybridized carbons (Fsp3) is 1.00. The first-order valence-electron chi connectivity index (χ1n) is 11.0. The van der Waals surface area contributed by atoms with Gasteiger partial charge in [0.2, 0.25) is 0 Å². The fourth-order valence-corrected chi connectivity index (χ4v) is 4.78. The van der Waals surface area contributed by atoms with Crippen LogP contribution >= 0.6 is 0 Å². The third kappa shape index (κ3) is 18.4. The van der Waals surface area contributed by atoms with Gasteiger partial charge < -0.3 is 4.43 Å². The Hall–Kier alpha value is 0.177. The molecule has 0 aliphatic heterocycles. The molecule has 0 aromatic carbocycles. The van der Waals surface area contributed by atoms with Crippen LogP contribution in [-0.2, 0) is 4.43 Å². The highest BCUT2D eigenvalue weighted by Gasteiger charge is 2.02. The summed E-state index contributed by atoms with van der Waals surface area (Å²) in [5.74, 6) is 0. The topological polar surface area (TPSA) is 9.23 Å². The molecule has 0 fully saturated rings. The maximum Gasteiger partial charge on any atom is 0.161 e. The summed E-state index contributed by atoms with van der Waals surface area (Å²) in [5, 5.41) is 0. The molecule has 0 heterocycles. The highest BCUT2D eigenvalue weighted by atomic mass is 28.2. The van der Waals surface area contributed by atoms with Gasteiger partial charge in [0, 0.05) is 6.10 Å². The van der Waals surface area contributed by atoms with Crippen LogP contribution in [0, 0.1) is 0 Å². The Bertz CT molecular complexity index is 204. The highest BCUT2D eigenvalue weighted by molar-refractivity contribution is 6.27. The van der Waals surface area contributed by atoms with E-state index in [0.717, 1.165) is 0 Å². The fourth-order valence-electron chi connectivity index (χ4n) is 3.25. The van der Waals surface area contributed by atoms with Gasteiger partial charge in [-0.2, -0.15) is 0 Å². The van der Waals surface area contributed by atoms with Crippen LogP contribution in [0.3, 0.4) is 0 Å². The molecular weight excluding hydrogens is 296 g/mol. The van der Waals surface area contributed by atoms with E-state index >= 15 is 0 Å². The molecule has 0 N–H and O–H groups in total. The van der Waals surface area contributed by atoms with Crippen molar-refractivity contribution in [2.24, 2.45) is 0 Å². The molecular formula is C21H46OSi. The second kappa shape index (κ2) is 20.2. The third-order valence-corrected chi connectivity index (χ3v) is 6.51. The van der Waals surface area contributed by atoms with Gasteiger partial charge in [-0.15, -0.1) is 0 Å². The molecule has 0 saturated heterocycles. The van der Waals surface area contributed by atoms with Crippen LogP contribution in [0.15, 0.2) is 0 Å². The molecule has 1 nitrogen and oxygen atoms in total. The van der Waals surface area contributed by atoms with Gasteiger partial charge in [0.1, 0.15) is 0 Å². The molecule has 0 unspecified atom stereocenters. The first-order valence-corrected chi connectivity index (χ1v) is 12.5. The van der Waals surface area contributed by atoms with Crippen molar-refractivity contribution < 1.29 is 4.43 Å². The zero-order valence-corrected chi connectivity index (χ0v) is 18.1. The van der Waals surface area contributed by atoms with Gasteiger partial charge in [0.15, 0.2) is 9.76 Å². The number of hydrogen-bond acceptors (Lipinski definition) is 1. The van der Waals surface area contributed by atoms with Crippen LogP contribution in [0.5, 0.6) is 0 Å². The van der Waals surface area contributed by atoms with Crippen LogP contribution in [0.1, 0.15) is 124 Å². The van der Waals surface area contributed by atoms with Crippen LogP contribution in [-0.4, -0.2) is 15.9 Å². The predicted molar refractivity (Wildman–Crippen MR) is 109 cm³/mol. The molecule has 0 bridgehead atoms. The van der Waals surface area contributed by atoms with E-state index in [4.69, 9.17) is 4.43 Å². The highest BCUT2D eigenvalue weighted by Crippen LogP contribution is 2.13. The second-order valence-electron chi connectivity index (χ2n) is 7.26. The van der Waals surface area contributed by atoms with E-state index in [-0.39, 0.29) is 9.76 Å². The van der Waals surface area contributed by atoms with Crippen molar-refractivity contribution in [3.05, 3.63) is 0 Å². The van der Waals surface area contributed by atoms with Crippen molar-refractivity contribution in [3.63, 3.8) is 0 Å². The summed E-state index contributed by atoms with van der Waals surface area (Å²) >= 11 is 0. The second-order valence-corrected chi connectivity index (χ2v) is 8.71. The van der Waals surface area contributed by atoms with E-state index in [1.165, 1.54) is 109 Å². The summed E-state index contributed by atoms with van der Waals surface area (Å²) in [5.41, 5.74) is 0. The van der Waals surface area contributed by atoms with Crippen LogP contribution < -0.4 is 0 Å². The zero-order valence-electron chi connectivity index (χ0n) is 16.7. The first kappa shape index (κ1) is 23.2. The minimum absolute atomic E-state index is 0.220. The molecule has 0 aromatic heterocycles. The average Bonchev–Trinajstić information content (AvgIpc) is 2.58. The molecule has 140 valence electrons. The van der Waals surface area contributed by atoms with E-state index in [1.54, 1.807) is 0 Å². The van der Waals surface area contributed by atoms with Crippen molar-refractivity contribution in [1.82, 2.24) is 0 Å². The molecule has 23 heavy (non-hydrogen) atoms. The quantitative estimate of drug-likeness (QED) is 0.178. The summed E-state index contributed by atoms with van der Waals surface area (Å²) in [7, 11) is -0.220. The van der Waals surface area contributed by atoms with Gasteiger partial charge in [-0.05, 0) is 18.9 Å². The summed E-state index contributed by atoms with van der Waals surface area (Å²) in [4.78, 5) is 0. The lowest BCUT2D eigenvalue weighted by molar-refractivity contribution is 0.202. The Balaban J connectivity index is 3.02. The largest absolute Gasteiger partial charge is 0.421 e. The summed E-state index contributed by atoms with van der Waals surface area (Å²) in [6, 6.07) is 1.40. The minimum Gasteiger partial charge on any atom is -0.421 e. The maximum atomic E-state index is 5.99. The Morgan fingerprint density at radius 2 is 0.957 bits per heavy atom. The van der Waals surface area contributed by atoms with Gasteiger partial charge in [-0.3, -0.25) is 0 Å². The number of unbranched alkanes of at least 4 members (excludes halogenated alkanes) is 13. The number of rotatable bonds is 19. The van der Waals surface area contributed by atoms with E-state index < -0.39 is 0 Å². The third-order valence-electron chi connectivity index (χ3n) is 5.01. The molecule has 2 heteroatoms. The van der Waals surface area contributed by atoms with Crippen LogP contribution in [0.25, 0.3) is 0 Å². The Labute approximate surface area is 150 Å². The maximum absolute atomic E-state index is 5.99. The summed E-state index contributed by atoms with van der Waals surface area (Å²) < 4.78 is 5.99. The molecule has 0 aliphatic carbocycles. The lowest BCUT2D eigenvalue weighted by Crippen LogP contribution is -2.13. The van der Waals surface area contributed by atoms with Gasteiger partial charge >= 0.3 is 0 Å². The normalized spacial score (nSPS) is 12.0. The van der Waals surface area contributed by atoms with Crippen molar-refractivity contribution in [2.45, 2.75) is 136 Å². The zero-order chi connectivity index (χ0) is 17.0. The van der Waals surface area contributed by atoms with Crippen molar-refractivity contribution in [3.8, 4) is 0 Å². The van der Waals surface area contributed by atoms with Crippen molar-refractivity contribution in [2.75, 3.05) is 0 Å². The van der Waals surface area contributed by atoms with E-state index in [0.29, 0.717) is 6.10 Å². The lowest BCUT2D eigenvalue weighted by atomic mass is 10.0. The van der Waals surface area contributed by atoms with Gasteiger partial charge in [-0.1, -0.05) is 111 Å². The smallest absolute Gasteiger partial charge is 0.161 e. The minimum atomic E-state index is -0.220. The van der Waals surface area contributed by atoms with E-state index in [1.807, 2.05) is 0 Å². The predicted octanol–water partition coefficient (Wildman–Crippen LogP) is 7.18. The van der Waals surface area contributed by atoms with Crippen LogP contribution in [0.4, 0.5) is 0 Å². The molecule has 0 aromatic rings. The monoisotopic (exact) mass is 342 g/mol. The molecule has 0 atom stereocenters. The molecule has 0 spiro atoms. The van der Waals surface area contributed by atoms with E-state index in [2.05, 4.69) is 20.8 Å². The standard InChI is InChI=1S/C21H46OSi/c1-4-7-8-9-10-11-12-13-14-15-16-17-18-19-20-23-22-21(5-2)6-3/h21H,4-20,23H2,1-3H3. The number of hydrogen-bond donors (Lipinski definition) is 0. The molecule has 0 amide bonds. The van der Waals surface area contributed by atoms with E-state index in [9.17, 15) is 0 Å². The molecule has 0 saturated carbocycles. The average molecular weight is 343 g/mol. The first-order chi connectivity index (χ1) is 11.3. The van der Waals surface area contributed by atoms with Crippen molar-refractivity contribution >= 4 is 9.76 Å². The molecule has 0 radical (unpaired) electrons. The SMILES string of the molecule is CCCCCCCCCCCCCCCC[SiH2]OC(CC)CC. The Kier molecular flexibility index (Phi) is 20.4. The van der Waals surface area contributed by atoms with Gasteiger partial charge in [0.05, 0.1) is 0 Å². The van der Waals surface area contributed by atoms with Gasteiger partial charge in [0.25, 0.3) is 0 Å². The molecule has 0 aliphatic rings. The Morgan fingerprint density at radius 1 is 0.565 bits per heavy atom. The lowest BCUT2D eigenvalue weighted by Gasteiger charge is -2.13.